The van der Waals surface area contributed by atoms with Crippen LogP contribution in [0.2, 0.25) is 0 Å². The van der Waals surface area contributed by atoms with E-state index >= 15 is 0 Å². The zero-order chi connectivity index (χ0) is 18.6. The molecule has 0 spiro atoms. The summed E-state index contributed by atoms with van der Waals surface area (Å²) in [5.41, 5.74) is 1.15. The van der Waals surface area contributed by atoms with Gasteiger partial charge in [-0.25, -0.2) is 4.79 Å². The summed E-state index contributed by atoms with van der Waals surface area (Å²) in [4.78, 5) is 12.5. The van der Waals surface area contributed by atoms with E-state index < -0.39 is 0 Å². The largest absolute Gasteiger partial charge is 0.493 e. The lowest BCUT2D eigenvalue weighted by atomic mass is 9.78. The van der Waals surface area contributed by atoms with Crippen LogP contribution in [0.5, 0.6) is 5.75 Å². The summed E-state index contributed by atoms with van der Waals surface area (Å²) in [6, 6.07) is 7.86. The molecule has 1 aromatic carbocycles. The predicted octanol–water partition coefficient (Wildman–Crippen LogP) is 4.04. The van der Waals surface area contributed by atoms with Crippen LogP contribution in [0.1, 0.15) is 58.1 Å². The van der Waals surface area contributed by atoms with Gasteiger partial charge in [0.25, 0.3) is 0 Å². The van der Waals surface area contributed by atoms with Crippen molar-refractivity contribution in [3.8, 4) is 5.75 Å². The Hall–Kier alpha value is -1.75. The van der Waals surface area contributed by atoms with Crippen LogP contribution >= 0.6 is 0 Å². The number of benzene rings is 1. The number of ether oxygens (including phenoxy) is 2. The molecule has 26 heavy (non-hydrogen) atoms. The average molecular weight is 360 g/mol. The lowest BCUT2D eigenvalue weighted by Crippen LogP contribution is -2.47. The molecule has 3 atom stereocenters. The van der Waals surface area contributed by atoms with Crippen LogP contribution in [0.25, 0.3) is 0 Å². The fraction of sp³-hybridized carbons (Fsp3) is 0.667. The van der Waals surface area contributed by atoms with Gasteiger partial charge in [-0.3, -0.25) is 0 Å². The fourth-order valence-electron chi connectivity index (χ4n) is 4.12. The van der Waals surface area contributed by atoms with E-state index in [1.807, 2.05) is 24.3 Å². The Morgan fingerprint density at radius 3 is 2.73 bits per heavy atom. The lowest BCUT2D eigenvalue weighted by molar-refractivity contribution is -0.0838. The zero-order valence-electron chi connectivity index (χ0n) is 16.2. The Bertz CT molecular complexity index is 612. The zero-order valence-corrected chi connectivity index (χ0v) is 16.2. The Kier molecular flexibility index (Phi) is 6.07. The molecule has 0 bridgehead atoms. The molecule has 144 valence electrons. The molecule has 0 radical (unpaired) electrons. The quantitative estimate of drug-likeness (QED) is 0.855. The summed E-state index contributed by atoms with van der Waals surface area (Å²) in [5, 5.41) is 6.22. The summed E-state index contributed by atoms with van der Waals surface area (Å²) in [5.74, 6) is 1.24. The summed E-state index contributed by atoms with van der Waals surface area (Å²) >= 11 is 0. The maximum Gasteiger partial charge on any atom is 0.315 e. The van der Waals surface area contributed by atoms with Gasteiger partial charge in [-0.15, -0.1) is 0 Å². The second-order valence-corrected chi connectivity index (χ2v) is 8.50. The van der Waals surface area contributed by atoms with E-state index in [1.165, 1.54) is 0 Å². The molecule has 1 saturated heterocycles. The molecule has 0 aliphatic carbocycles. The number of carbonyl (C=O) groups excluding carboxylic acids is 1. The number of urea groups is 1. The number of nitrogens with one attached hydrogen (secondary N) is 2. The van der Waals surface area contributed by atoms with Gasteiger partial charge in [0.1, 0.15) is 5.75 Å². The highest BCUT2D eigenvalue weighted by atomic mass is 16.5. The molecule has 0 unspecified atom stereocenters. The highest BCUT2D eigenvalue weighted by Gasteiger charge is 2.35. The van der Waals surface area contributed by atoms with Crippen LogP contribution in [-0.2, 0) is 4.74 Å². The lowest BCUT2D eigenvalue weighted by Gasteiger charge is -2.40. The maximum atomic E-state index is 12.5. The molecule has 2 aliphatic rings. The van der Waals surface area contributed by atoms with Gasteiger partial charge < -0.3 is 20.1 Å². The van der Waals surface area contributed by atoms with E-state index in [4.69, 9.17) is 9.47 Å². The van der Waals surface area contributed by atoms with Gasteiger partial charge >= 0.3 is 6.03 Å². The molecule has 2 aliphatic heterocycles. The molecule has 2 heterocycles. The molecule has 2 N–H and O–H groups in total. The monoisotopic (exact) mass is 360 g/mol. The van der Waals surface area contributed by atoms with Crippen molar-refractivity contribution >= 4 is 6.03 Å². The van der Waals surface area contributed by atoms with Gasteiger partial charge in [-0.05, 0) is 37.2 Å². The number of hydrogen-bond acceptors (Lipinski definition) is 3. The van der Waals surface area contributed by atoms with Gasteiger partial charge in [0.2, 0.25) is 0 Å². The highest BCUT2D eigenvalue weighted by Crippen LogP contribution is 2.34. The first-order chi connectivity index (χ1) is 12.4. The minimum absolute atomic E-state index is 0.00489. The SMILES string of the molecule is CC(C)(C)[C@@H]1OCCC[C@H]1CNC(=O)N[C@@H]1CCCOc2ccccc21. The smallest absolute Gasteiger partial charge is 0.315 e. The van der Waals surface area contributed by atoms with E-state index in [1.54, 1.807) is 0 Å². The number of carbonyl (C=O) groups is 1. The summed E-state index contributed by atoms with van der Waals surface area (Å²) in [6.45, 7) is 8.79. The van der Waals surface area contributed by atoms with Crippen LogP contribution < -0.4 is 15.4 Å². The first-order valence-corrected chi connectivity index (χ1v) is 9.83. The van der Waals surface area contributed by atoms with Gasteiger partial charge in [0.15, 0.2) is 0 Å². The van der Waals surface area contributed by atoms with Crippen LogP contribution in [0.15, 0.2) is 24.3 Å². The minimum Gasteiger partial charge on any atom is -0.493 e. The summed E-state index contributed by atoms with van der Waals surface area (Å²) in [6.07, 6.45) is 4.17. The minimum atomic E-state index is -0.107. The van der Waals surface area contributed by atoms with Crippen molar-refractivity contribution in [2.45, 2.75) is 58.6 Å². The molecular formula is C21H32N2O3. The van der Waals surface area contributed by atoms with E-state index in [0.29, 0.717) is 19.1 Å². The van der Waals surface area contributed by atoms with Crippen LogP contribution in [0.4, 0.5) is 4.79 Å². The van der Waals surface area contributed by atoms with Crippen LogP contribution in [0.3, 0.4) is 0 Å². The Balaban J connectivity index is 1.57. The highest BCUT2D eigenvalue weighted by molar-refractivity contribution is 5.74. The molecule has 1 fully saturated rings. The first kappa shape index (κ1) is 19.0. The van der Waals surface area contributed by atoms with Crippen molar-refractivity contribution in [3.63, 3.8) is 0 Å². The Labute approximate surface area is 156 Å². The molecule has 1 aromatic rings. The second kappa shape index (κ2) is 8.30. The molecule has 0 saturated carbocycles. The number of amides is 2. The maximum absolute atomic E-state index is 12.5. The van der Waals surface area contributed by atoms with Crippen molar-refractivity contribution in [1.29, 1.82) is 0 Å². The van der Waals surface area contributed by atoms with Crippen molar-refractivity contribution in [3.05, 3.63) is 29.8 Å². The van der Waals surface area contributed by atoms with Crippen LogP contribution in [0, 0.1) is 11.3 Å². The number of para-hydroxylation sites is 1. The first-order valence-electron chi connectivity index (χ1n) is 9.83. The summed E-state index contributed by atoms with van der Waals surface area (Å²) < 4.78 is 11.8. The van der Waals surface area contributed by atoms with E-state index in [-0.39, 0.29) is 23.6 Å². The molecule has 3 rings (SSSR count). The fourth-order valence-corrected chi connectivity index (χ4v) is 4.12. The van der Waals surface area contributed by atoms with Crippen molar-refractivity contribution in [1.82, 2.24) is 10.6 Å². The summed E-state index contributed by atoms with van der Waals surface area (Å²) in [7, 11) is 0. The Morgan fingerprint density at radius 1 is 1.15 bits per heavy atom. The van der Waals surface area contributed by atoms with E-state index in [9.17, 15) is 4.79 Å². The average Bonchev–Trinajstić information content (AvgIpc) is 2.82. The normalized spacial score (nSPS) is 26.2. The molecule has 0 aromatic heterocycles. The number of fused-ring (bicyclic) bond motifs is 1. The number of hydrogen-bond donors (Lipinski definition) is 2. The van der Waals surface area contributed by atoms with Crippen molar-refractivity contribution < 1.29 is 14.3 Å². The van der Waals surface area contributed by atoms with Gasteiger partial charge in [0.05, 0.1) is 18.8 Å². The van der Waals surface area contributed by atoms with E-state index in [2.05, 4.69) is 31.4 Å². The van der Waals surface area contributed by atoms with Gasteiger partial charge in [0, 0.05) is 24.6 Å². The topological polar surface area (TPSA) is 59.6 Å². The molecule has 5 heteroatoms. The third kappa shape index (κ3) is 4.70. The van der Waals surface area contributed by atoms with Gasteiger partial charge in [-0.1, -0.05) is 39.0 Å². The standard InChI is InChI=1S/C21H32N2O3/c1-21(2,3)19-15(8-6-13-26-19)14-22-20(24)23-17-10-7-12-25-18-11-5-4-9-16(17)18/h4-5,9,11,15,17,19H,6-8,10,12-14H2,1-3H3,(H2,22,23,24)/t15-,17+,19+/m0/s1. The third-order valence-electron chi connectivity index (χ3n) is 5.32. The molecule has 2 amide bonds. The van der Waals surface area contributed by atoms with Crippen LogP contribution in [-0.4, -0.2) is 31.9 Å². The molecule has 5 nitrogen and oxygen atoms in total. The van der Waals surface area contributed by atoms with Crippen molar-refractivity contribution in [2.24, 2.45) is 11.3 Å². The Morgan fingerprint density at radius 2 is 1.92 bits per heavy atom. The van der Waals surface area contributed by atoms with E-state index in [0.717, 1.165) is 43.6 Å². The van der Waals surface area contributed by atoms with Gasteiger partial charge in [-0.2, -0.15) is 0 Å². The predicted molar refractivity (Wildman–Crippen MR) is 102 cm³/mol. The second-order valence-electron chi connectivity index (χ2n) is 8.50. The third-order valence-corrected chi connectivity index (χ3v) is 5.32. The van der Waals surface area contributed by atoms with Crippen molar-refractivity contribution in [2.75, 3.05) is 19.8 Å². The number of rotatable bonds is 3. The molecular weight excluding hydrogens is 328 g/mol.